The Labute approximate surface area is 152 Å². The van der Waals surface area contributed by atoms with Gasteiger partial charge in [-0.05, 0) is 18.1 Å². The zero-order chi connectivity index (χ0) is 18.4. The van der Waals surface area contributed by atoms with Crippen LogP contribution in [0.1, 0.15) is 12.6 Å². The first-order valence-corrected chi connectivity index (χ1v) is 8.48. The molecule has 9 heteroatoms. The first-order valence-electron chi connectivity index (χ1n) is 8.48. The number of benzene rings is 1. The van der Waals surface area contributed by atoms with Crippen molar-refractivity contribution in [2.45, 2.75) is 13.3 Å². The fourth-order valence-electron chi connectivity index (χ4n) is 3.22. The van der Waals surface area contributed by atoms with Gasteiger partial charge in [0, 0.05) is 6.20 Å². The molecular formula is C18H14N8O. The van der Waals surface area contributed by atoms with E-state index in [-0.39, 0.29) is 11.1 Å². The van der Waals surface area contributed by atoms with E-state index in [0.29, 0.717) is 17.1 Å². The number of fused-ring (bicyclic) bond motifs is 3. The average molecular weight is 358 g/mol. The topological polar surface area (TPSA) is 107 Å². The van der Waals surface area contributed by atoms with E-state index < -0.39 is 0 Å². The third-order valence-electron chi connectivity index (χ3n) is 4.48. The highest BCUT2D eigenvalue weighted by Gasteiger charge is 2.19. The normalized spacial score (nSPS) is 11.4. The Hall–Kier alpha value is -3.88. The van der Waals surface area contributed by atoms with Crippen LogP contribution in [0, 0.1) is 0 Å². The number of hydrogen-bond donors (Lipinski definition) is 1. The maximum absolute atomic E-state index is 12.8. The van der Waals surface area contributed by atoms with Crippen molar-refractivity contribution in [3.05, 3.63) is 65.0 Å². The molecule has 0 radical (unpaired) electrons. The summed E-state index contributed by atoms with van der Waals surface area (Å²) in [6.45, 7) is 2.04. The summed E-state index contributed by atoms with van der Waals surface area (Å²) in [5.41, 5.74) is 3.96. The molecule has 0 atom stereocenters. The number of pyridine rings is 1. The minimum absolute atomic E-state index is 0.214. The molecule has 0 spiro atoms. The average Bonchev–Trinajstić information content (AvgIpc) is 3.36. The van der Waals surface area contributed by atoms with Crippen LogP contribution in [-0.2, 0) is 6.42 Å². The van der Waals surface area contributed by atoms with Gasteiger partial charge in [0.15, 0.2) is 11.2 Å². The Balaban J connectivity index is 1.83. The molecule has 0 fully saturated rings. The molecule has 1 aromatic carbocycles. The molecule has 9 nitrogen and oxygen atoms in total. The molecule has 0 aliphatic carbocycles. The minimum Gasteiger partial charge on any atom is -0.266 e. The number of hydrogen-bond acceptors (Lipinski definition) is 6. The van der Waals surface area contributed by atoms with Crippen molar-refractivity contribution in [3.63, 3.8) is 0 Å². The lowest BCUT2D eigenvalue weighted by molar-refractivity contribution is 0.867. The maximum Gasteiger partial charge on any atom is 0.287 e. The minimum atomic E-state index is -0.339. The van der Waals surface area contributed by atoms with Gasteiger partial charge in [-0.1, -0.05) is 37.3 Å². The molecule has 4 heterocycles. The first-order chi connectivity index (χ1) is 13.3. The second-order valence-electron chi connectivity index (χ2n) is 6.01. The van der Waals surface area contributed by atoms with Crippen LogP contribution in [-0.4, -0.2) is 39.6 Å². The number of aromatic amines is 1. The van der Waals surface area contributed by atoms with Gasteiger partial charge in [0.1, 0.15) is 11.8 Å². The van der Waals surface area contributed by atoms with Crippen molar-refractivity contribution in [3.8, 4) is 17.1 Å². The molecule has 5 aromatic rings. The molecule has 0 aliphatic rings. The molecule has 1 N–H and O–H groups in total. The van der Waals surface area contributed by atoms with Crippen molar-refractivity contribution < 1.29 is 0 Å². The summed E-state index contributed by atoms with van der Waals surface area (Å²) in [5, 5.41) is 19.7. The van der Waals surface area contributed by atoms with Crippen LogP contribution < -0.4 is 5.56 Å². The number of rotatable bonds is 3. The van der Waals surface area contributed by atoms with Crippen molar-refractivity contribution in [2.24, 2.45) is 0 Å². The second-order valence-corrected chi connectivity index (χ2v) is 6.01. The van der Waals surface area contributed by atoms with Crippen LogP contribution in [0.5, 0.6) is 0 Å². The highest BCUT2D eigenvalue weighted by molar-refractivity contribution is 5.84. The van der Waals surface area contributed by atoms with E-state index in [2.05, 4.69) is 25.4 Å². The molecule has 0 bridgehead atoms. The van der Waals surface area contributed by atoms with Gasteiger partial charge in [-0.3, -0.25) is 9.36 Å². The molecule has 27 heavy (non-hydrogen) atoms. The van der Waals surface area contributed by atoms with Crippen LogP contribution in [0.25, 0.3) is 33.8 Å². The van der Waals surface area contributed by atoms with Crippen LogP contribution >= 0.6 is 0 Å². The van der Waals surface area contributed by atoms with Gasteiger partial charge in [-0.25, -0.2) is 9.61 Å². The predicted molar refractivity (Wildman–Crippen MR) is 98.6 cm³/mol. The standard InChI is InChI=1S/C18H14N8O/c1-2-12-14(11-6-4-3-5-7-11)16-22-21-15-13(26(16)24-12)8-9-25(17(15)27)18-19-10-20-23-18/h3-10H,2H2,1H3,(H,19,20,23). The SMILES string of the molecule is CCc1nn2c(nnc3c(=O)n(-c4ncn[nH]4)ccc32)c1-c1ccccc1. The summed E-state index contributed by atoms with van der Waals surface area (Å²) in [7, 11) is 0. The first kappa shape index (κ1) is 15.4. The van der Waals surface area contributed by atoms with E-state index in [1.807, 2.05) is 37.3 Å². The smallest absolute Gasteiger partial charge is 0.266 e. The van der Waals surface area contributed by atoms with E-state index >= 15 is 0 Å². The number of aryl methyl sites for hydroxylation is 1. The Morgan fingerprint density at radius 3 is 2.70 bits per heavy atom. The van der Waals surface area contributed by atoms with E-state index in [0.717, 1.165) is 23.2 Å². The lowest BCUT2D eigenvalue weighted by Crippen LogP contribution is -2.21. The van der Waals surface area contributed by atoms with Gasteiger partial charge in [0.25, 0.3) is 5.56 Å². The Bertz CT molecular complexity index is 1320. The summed E-state index contributed by atoms with van der Waals surface area (Å²) in [6, 6.07) is 11.7. The van der Waals surface area contributed by atoms with Crippen molar-refractivity contribution in [1.29, 1.82) is 0 Å². The second kappa shape index (κ2) is 5.84. The lowest BCUT2D eigenvalue weighted by Gasteiger charge is -2.04. The van der Waals surface area contributed by atoms with E-state index in [4.69, 9.17) is 5.10 Å². The van der Waals surface area contributed by atoms with Gasteiger partial charge in [-0.2, -0.15) is 15.2 Å². The summed E-state index contributed by atoms with van der Waals surface area (Å²) in [6.07, 6.45) is 3.71. The summed E-state index contributed by atoms with van der Waals surface area (Å²) >= 11 is 0. The zero-order valence-corrected chi connectivity index (χ0v) is 14.4. The lowest BCUT2D eigenvalue weighted by atomic mass is 10.0. The quantitative estimate of drug-likeness (QED) is 0.527. The molecular weight excluding hydrogens is 344 g/mol. The molecule has 0 saturated carbocycles. The fourth-order valence-corrected chi connectivity index (χ4v) is 3.22. The summed E-state index contributed by atoms with van der Waals surface area (Å²) in [4.78, 5) is 16.8. The molecule has 132 valence electrons. The monoisotopic (exact) mass is 358 g/mol. The number of nitrogens with zero attached hydrogens (tertiary/aromatic N) is 7. The third-order valence-corrected chi connectivity index (χ3v) is 4.48. The number of H-pyrrole nitrogens is 1. The maximum atomic E-state index is 12.8. The highest BCUT2D eigenvalue weighted by atomic mass is 16.1. The van der Waals surface area contributed by atoms with Crippen molar-refractivity contribution in [2.75, 3.05) is 0 Å². The molecule has 5 rings (SSSR count). The van der Waals surface area contributed by atoms with Gasteiger partial charge in [0.2, 0.25) is 5.95 Å². The van der Waals surface area contributed by atoms with Gasteiger partial charge in [-0.15, -0.1) is 10.2 Å². The number of aromatic nitrogens is 8. The third kappa shape index (κ3) is 2.25. The molecule has 0 aliphatic heterocycles. The summed E-state index contributed by atoms with van der Waals surface area (Å²) < 4.78 is 3.04. The molecule has 0 amide bonds. The van der Waals surface area contributed by atoms with E-state index in [9.17, 15) is 4.79 Å². The Kier molecular flexibility index (Phi) is 3.32. The Morgan fingerprint density at radius 2 is 1.96 bits per heavy atom. The molecule has 0 unspecified atom stereocenters. The summed E-state index contributed by atoms with van der Waals surface area (Å²) in [5.74, 6) is 0.323. The predicted octanol–water partition coefficient (Wildman–Crippen LogP) is 1.78. The zero-order valence-electron chi connectivity index (χ0n) is 14.4. The van der Waals surface area contributed by atoms with E-state index in [1.54, 1.807) is 16.8 Å². The number of nitrogens with one attached hydrogen (secondary N) is 1. The van der Waals surface area contributed by atoms with E-state index in [1.165, 1.54) is 10.9 Å². The highest BCUT2D eigenvalue weighted by Crippen LogP contribution is 2.28. The Morgan fingerprint density at radius 1 is 1.11 bits per heavy atom. The largest absolute Gasteiger partial charge is 0.287 e. The van der Waals surface area contributed by atoms with Crippen molar-refractivity contribution in [1.82, 2.24) is 39.6 Å². The van der Waals surface area contributed by atoms with Gasteiger partial charge < -0.3 is 0 Å². The fraction of sp³-hybridized carbons (Fsp3) is 0.111. The van der Waals surface area contributed by atoms with Crippen LogP contribution in [0.15, 0.2) is 53.7 Å². The molecule has 0 saturated heterocycles. The van der Waals surface area contributed by atoms with Crippen LogP contribution in [0.3, 0.4) is 0 Å². The van der Waals surface area contributed by atoms with Gasteiger partial charge in [0.05, 0.1) is 11.3 Å². The molecule has 4 aromatic heterocycles. The van der Waals surface area contributed by atoms with Crippen LogP contribution in [0.2, 0.25) is 0 Å². The van der Waals surface area contributed by atoms with Gasteiger partial charge >= 0.3 is 0 Å². The van der Waals surface area contributed by atoms with Crippen LogP contribution in [0.4, 0.5) is 0 Å². The van der Waals surface area contributed by atoms with Crippen molar-refractivity contribution >= 4 is 16.7 Å².